The normalized spacial score (nSPS) is 17.1. The number of carbonyl (C=O) groups excluding carboxylic acids is 1. The predicted octanol–water partition coefficient (Wildman–Crippen LogP) is -0.0720. The molecule has 0 radical (unpaired) electrons. The summed E-state index contributed by atoms with van der Waals surface area (Å²) in [5, 5.41) is 3.06. The third-order valence-electron chi connectivity index (χ3n) is 1.66. The Bertz CT molecular complexity index is 145. The van der Waals surface area contributed by atoms with Crippen molar-refractivity contribution in [3.8, 4) is 0 Å². The van der Waals surface area contributed by atoms with E-state index >= 15 is 0 Å². The van der Waals surface area contributed by atoms with E-state index in [4.69, 9.17) is 9.47 Å². The SMILES string of the molecule is CCNCCC(=O)OC1COC1. The fourth-order valence-corrected chi connectivity index (χ4v) is 0.894. The van der Waals surface area contributed by atoms with Crippen molar-refractivity contribution in [1.82, 2.24) is 5.32 Å². The summed E-state index contributed by atoms with van der Waals surface area (Å²) in [6.07, 6.45) is 0.462. The highest BCUT2D eigenvalue weighted by atomic mass is 16.6. The molecule has 4 heteroatoms. The maximum absolute atomic E-state index is 11.0. The Labute approximate surface area is 72.2 Å². The van der Waals surface area contributed by atoms with Gasteiger partial charge in [-0.2, -0.15) is 0 Å². The van der Waals surface area contributed by atoms with E-state index in [-0.39, 0.29) is 12.1 Å². The predicted molar refractivity (Wildman–Crippen MR) is 43.9 cm³/mol. The van der Waals surface area contributed by atoms with Crippen molar-refractivity contribution in [3.63, 3.8) is 0 Å². The minimum absolute atomic E-state index is 0.0131. The molecule has 4 nitrogen and oxygen atoms in total. The molecule has 0 unspecified atom stereocenters. The van der Waals surface area contributed by atoms with Crippen LogP contribution in [0.15, 0.2) is 0 Å². The second kappa shape index (κ2) is 5.11. The fraction of sp³-hybridized carbons (Fsp3) is 0.875. The molecule has 1 rings (SSSR count). The van der Waals surface area contributed by atoms with Gasteiger partial charge < -0.3 is 14.8 Å². The van der Waals surface area contributed by atoms with Crippen molar-refractivity contribution >= 4 is 5.97 Å². The molecule has 1 aliphatic heterocycles. The van der Waals surface area contributed by atoms with Crippen LogP contribution < -0.4 is 5.32 Å². The van der Waals surface area contributed by atoms with E-state index in [1.165, 1.54) is 0 Å². The quantitative estimate of drug-likeness (QED) is 0.467. The highest BCUT2D eigenvalue weighted by Gasteiger charge is 2.21. The third-order valence-corrected chi connectivity index (χ3v) is 1.66. The van der Waals surface area contributed by atoms with E-state index in [0.29, 0.717) is 26.2 Å². The van der Waals surface area contributed by atoms with Crippen LogP contribution in [0.1, 0.15) is 13.3 Å². The first kappa shape index (κ1) is 9.48. The van der Waals surface area contributed by atoms with Crippen molar-refractivity contribution in [3.05, 3.63) is 0 Å². The molecule has 0 spiro atoms. The number of nitrogens with one attached hydrogen (secondary N) is 1. The molecule has 0 aliphatic carbocycles. The Kier molecular flexibility index (Phi) is 4.04. The molecular formula is C8H15NO3. The number of hydrogen-bond acceptors (Lipinski definition) is 4. The fourth-order valence-electron chi connectivity index (χ4n) is 0.894. The molecule has 0 aromatic heterocycles. The van der Waals surface area contributed by atoms with Crippen LogP contribution >= 0.6 is 0 Å². The Morgan fingerprint density at radius 2 is 2.42 bits per heavy atom. The van der Waals surface area contributed by atoms with Crippen LogP contribution in [0.2, 0.25) is 0 Å². The van der Waals surface area contributed by atoms with Gasteiger partial charge in [0.2, 0.25) is 0 Å². The van der Waals surface area contributed by atoms with E-state index in [1.54, 1.807) is 0 Å². The summed E-state index contributed by atoms with van der Waals surface area (Å²) in [5.74, 6) is -0.135. The molecule has 0 amide bonds. The van der Waals surface area contributed by atoms with Crippen molar-refractivity contribution in [1.29, 1.82) is 0 Å². The minimum Gasteiger partial charge on any atom is -0.457 e. The molecule has 0 saturated carbocycles. The van der Waals surface area contributed by atoms with Crippen LogP contribution in [0.3, 0.4) is 0 Å². The Balaban J connectivity index is 1.95. The van der Waals surface area contributed by atoms with Gasteiger partial charge in [0.05, 0.1) is 19.6 Å². The first-order chi connectivity index (χ1) is 5.83. The lowest BCUT2D eigenvalue weighted by molar-refractivity contribution is -0.171. The largest absolute Gasteiger partial charge is 0.457 e. The van der Waals surface area contributed by atoms with Gasteiger partial charge >= 0.3 is 5.97 Å². The lowest BCUT2D eigenvalue weighted by atomic mass is 10.3. The summed E-state index contributed by atoms with van der Waals surface area (Å²) in [4.78, 5) is 11.0. The van der Waals surface area contributed by atoms with Gasteiger partial charge in [0.15, 0.2) is 0 Å². The number of esters is 1. The van der Waals surface area contributed by atoms with Gasteiger partial charge in [0.1, 0.15) is 6.10 Å². The summed E-state index contributed by atoms with van der Waals surface area (Å²) in [6.45, 7) is 4.72. The number of carbonyl (C=O) groups is 1. The van der Waals surface area contributed by atoms with E-state index in [0.717, 1.165) is 6.54 Å². The molecule has 1 heterocycles. The van der Waals surface area contributed by atoms with E-state index in [1.807, 2.05) is 6.92 Å². The second-order valence-corrected chi connectivity index (χ2v) is 2.75. The monoisotopic (exact) mass is 173 g/mol. The topological polar surface area (TPSA) is 47.6 Å². The second-order valence-electron chi connectivity index (χ2n) is 2.75. The summed E-state index contributed by atoms with van der Waals surface area (Å²) in [6, 6.07) is 0. The summed E-state index contributed by atoms with van der Waals surface area (Å²) >= 11 is 0. The zero-order chi connectivity index (χ0) is 8.81. The van der Waals surface area contributed by atoms with Crippen LogP contribution in [-0.2, 0) is 14.3 Å². The molecule has 1 fully saturated rings. The maximum atomic E-state index is 11.0. The molecular weight excluding hydrogens is 158 g/mol. The lowest BCUT2D eigenvalue weighted by Crippen LogP contribution is -2.38. The number of hydrogen-bond donors (Lipinski definition) is 1. The van der Waals surface area contributed by atoms with E-state index < -0.39 is 0 Å². The number of rotatable bonds is 5. The highest BCUT2D eigenvalue weighted by Crippen LogP contribution is 2.05. The third kappa shape index (κ3) is 3.19. The summed E-state index contributed by atoms with van der Waals surface area (Å²) < 4.78 is 9.90. The van der Waals surface area contributed by atoms with Gasteiger partial charge in [-0.1, -0.05) is 6.92 Å². The molecule has 70 valence electrons. The lowest BCUT2D eigenvalue weighted by Gasteiger charge is -2.25. The maximum Gasteiger partial charge on any atom is 0.307 e. The van der Waals surface area contributed by atoms with Gasteiger partial charge in [-0.05, 0) is 6.54 Å². The molecule has 0 atom stereocenters. The zero-order valence-corrected chi connectivity index (χ0v) is 7.34. The number of ether oxygens (including phenoxy) is 2. The van der Waals surface area contributed by atoms with Crippen molar-refractivity contribution in [2.24, 2.45) is 0 Å². The van der Waals surface area contributed by atoms with Crippen LogP contribution in [-0.4, -0.2) is 38.4 Å². The van der Waals surface area contributed by atoms with Gasteiger partial charge in [0.25, 0.3) is 0 Å². The van der Waals surface area contributed by atoms with Gasteiger partial charge in [-0.3, -0.25) is 4.79 Å². The highest BCUT2D eigenvalue weighted by molar-refractivity contribution is 5.69. The average molecular weight is 173 g/mol. The van der Waals surface area contributed by atoms with E-state index in [2.05, 4.69) is 5.32 Å². The Hall–Kier alpha value is -0.610. The summed E-state index contributed by atoms with van der Waals surface area (Å²) in [7, 11) is 0. The van der Waals surface area contributed by atoms with E-state index in [9.17, 15) is 4.79 Å². The van der Waals surface area contributed by atoms with Gasteiger partial charge in [-0.15, -0.1) is 0 Å². The van der Waals surface area contributed by atoms with Crippen LogP contribution in [0.5, 0.6) is 0 Å². The Morgan fingerprint density at radius 1 is 1.67 bits per heavy atom. The van der Waals surface area contributed by atoms with Crippen LogP contribution in [0.4, 0.5) is 0 Å². The summed E-state index contributed by atoms with van der Waals surface area (Å²) in [5.41, 5.74) is 0. The average Bonchev–Trinajstić information content (AvgIpc) is 1.98. The molecule has 0 aromatic carbocycles. The first-order valence-corrected chi connectivity index (χ1v) is 4.31. The smallest absolute Gasteiger partial charge is 0.307 e. The van der Waals surface area contributed by atoms with Crippen LogP contribution in [0.25, 0.3) is 0 Å². The molecule has 0 aromatic rings. The minimum atomic E-state index is -0.135. The van der Waals surface area contributed by atoms with Crippen molar-refractivity contribution in [2.45, 2.75) is 19.4 Å². The van der Waals surface area contributed by atoms with Gasteiger partial charge in [0, 0.05) is 6.54 Å². The molecule has 1 saturated heterocycles. The molecule has 1 aliphatic rings. The molecule has 0 bridgehead atoms. The van der Waals surface area contributed by atoms with Gasteiger partial charge in [-0.25, -0.2) is 0 Å². The standard InChI is InChI=1S/C8H15NO3/c1-2-9-4-3-8(10)12-7-5-11-6-7/h7,9H,2-6H2,1H3. The zero-order valence-electron chi connectivity index (χ0n) is 7.34. The van der Waals surface area contributed by atoms with Crippen LogP contribution in [0, 0.1) is 0 Å². The molecule has 1 N–H and O–H groups in total. The van der Waals surface area contributed by atoms with Crippen molar-refractivity contribution < 1.29 is 14.3 Å². The first-order valence-electron chi connectivity index (χ1n) is 4.31. The van der Waals surface area contributed by atoms with Crippen molar-refractivity contribution in [2.75, 3.05) is 26.3 Å². The molecule has 12 heavy (non-hydrogen) atoms. The Morgan fingerprint density at radius 3 is 2.92 bits per heavy atom.